The first-order valence-electron chi connectivity index (χ1n) is 6.03. The molecular weight excluding hydrogens is 316 g/mol. The lowest BCUT2D eigenvalue weighted by molar-refractivity contribution is 0.472. The summed E-state index contributed by atoms with van der Waals surface area (Å²) in [5.41, 5.74) is 1.70. The van der Waals surface area contributed by atoms with E-state index in [0.717, 1.165) is 11.3 Å². The van der Waals surface area contributed by atoms with Crippen LogP contribution in [0.2, 0.25) is 0 Å². The van der Waals surface area contributed by atoms with Gasteiger partial charge in [-0.3, -0.25) is 4.98 Å². The summed E-state index contributed by atoms with van der Waals surface area (Å²) in [5, 5.41) is 1.77. The largest absolute Gasteiger partial charge is 0.261 e. The van der Waals surface area contributed by atoms with Crippen LogP contribution in [0, 0.1) is 0 Å². The predicted molar refractivity (Wildman–Crippen MR) is 81.6 cm³/mol. The number of likely N-dealkylation sites (N-methyl/N-ethyl adjacent to an activating group) is 1. The average molecular weight is 331 g/mol. The van der Waals surface area contributed by atoms with Crippen LogP contribution < -0.4 is 0 Å². The Morgan fingerprint density at radius 3 is 2.80 bits per heavy atom. The third kappa shape index (κ3) is 3.58. The van der Waals surface area contributed by atoms with Crippen molar-refractivity contribution in [2.75, 3.05) is 13.6 Å². The predicted octanol–water partition coefficient (Wildman–Crippen LogP) is 2.75. The summed E-state index contributed by atoms with van der Waals surface area (Å²) < 4.78 is 26.4. The Bertz CT molecular complexity index is 656. The fourth-order valence-corrected chi connectivity index (χ4v) is 4.49. The Morgan fingerprint density at radius 1 is 1.40 bits per heavy atom. The first kappa shape index (κ1) is 15.4. The Balaban J connectivity index is 2.05. The molecule has 7 heteroatoms. The van der Waals surface area contributed by atoms with E-state index in [2.05, 4.69) is 4.98 Å². The first-order valence-corrected chi connectivity index (χ1v) is 8.89. The molecule has 4 nitrogen and oxygen atoms in total. The van der Waals surface area contributed by atoms with E-state index in [9.17, 15) is 8.42 Å². The van der Waals surface area contributed by atoms with Crippen LogP contribution in [0.25, 0.3) is 0 Å². The number of halogens is 1. The molecule has 0 unspecified atom stereocenters. The van der Waals surface area contributed by atoms with Crippen LogP contribution in [0.3, 0.4) is 0 Å². The molecule has 0 saturated carbocycles. The number of hydrogen-bond donors (Lipinski definition) is 0. The van der Waals surface area contributed by atoms with Gasteiger partial charge in [-0.1, -0.05) is 6.07 Å². The lowest BCUT2D eigenvalue weighted by Gasteiger charge is -2.15. The number of hydrogen-bond acceptors (Lipinski definition) is 4. The smallest absolute Gasteiger partial charge is 0.252 e. The molecule has 20 heavy (non-hydrogen) atoms. The van der Waals surface area contributed by atoms with Gasteiger partial charge in [0.1, 0.15) is 4.21 Å². The minimum atomic E-state index is -3.43. The number of nitrogens with zero attached hydrogens (tertiary/aromatic N) is 2. The standard InChI is InChI=1S/C13H15ClN2O2S2/c1-16(7-5-12-4-2-3-6-15-12)20(17,18)13-8-11(9-14)10-19-13/h2-4,6,8,10H,5,7,9H2,1H3. The van der Waals surface area contributed by atoms with Crippen LogP contribution in [-0.2, 0) is 22.3 Å². The van der Waals surface area contributed by atoms with Crippen LogP contribution in [-0.4, -0.2) is 31.3 Å². The van der Waals surface area contributed by atoms with Gasteiger partial charge < -0.3 is 0 Å². The third-order valence-electron chi connectivity index (χ3n) is 2.86. The second-order valence-electron chi connectivity index (χ2n) is 4.31. The summed E-state index contributed by atoms with van der Waals surface area (Å²) in [4.78, 5) is 4.19. The molecule has 2 aromatic rings. The van der Waals surface area contributed by atoms with Crippen LogP contribution in [0.1, 0.15) is 11.3 Å². The highest BCUT2D eigenvalue weighted by Gasteiger charge is 2.22. The van der Waals surface area contributed by atoms with Gasteiger partial charge in [0.15, 0.2) is 0 Å². The molecule has 0 amide bonds. The Hall–Kier alpha value is -0.950. The van der Waals surface area contributed by atoms with Crippen molar-refractivity contribution in [3.05, 3.63) is 47.1 Å². The Morgan fingerprint density at radius 2 is 2.20 bits per heavy atom. The minimum absolute atomic E-state index is 0.323. The highest BCUT2D eigenvalue weighted by Crippen LogP contribution is 2.24. The highest BCUT2D eigenvalue weighted by atomic mass is 35.5. The molecule has 0 saturated heterocycles. The fourth-order valence-electron chi connectivity index (χ4n) is 1.65. The van der Waals surface area contributed by atoms with E-state index in [4.69, 9.17) is 11.6 Å². The summed E-state index contributed by atoms with van der Waals surface area (Å²) in [6, 6.07) is 7.24. The van der Waals surface area contributed by atoms with E-state index in [1.807, 2.05) is 18.2 Å². The molecule has 108 valence electrons. The molecule has 0 fully saturated rings. The third-order valence-corrected chi connectivity index (χ3v) is 6.49. The molecule has 0 aromatic carbocycles. The van der Waals surface area contributed by atoms with Gasteiger partial charge in [-0.25, -0.2) is 8.42 Å². The number of thiophene rings is 1. The van der Waals surface area contributed by atoms with Crippen molar-refractivity contribution in [2.45, 2.75) is 16.5 Å². The maximum absolute atomic E-state index is 12.4. The highest BCUT2D eigenvalue weighted by molar-refractivity contribution is 7.91. The van der Waals surface area contributed by atoms with E-state index >= 15 is 0 Å². The molecule has 0 aliphatic rings. The summed E-state index contributed by atoms with van der Waals surface area (Å²) in [5.74, 6) is 0.323. The van der Waals surface area contributed by atoms with E-state index in [1.165, 1.54) is 15.6 Å². The summed E-state index contributed by atoms with van der Waals surface area (Å²) >= 11 is 6.90. The number of rotatable bonds is 6. The van der Waals surface area contributed by atoms with Gasteiger partial charge in [-0.15, -0.1) is 22.9 Å². The molecule has 2 heterocycles. The van der Waals surface area contributed by atoms with E-state index < -0.39 is 10.0 Å². The van der Waals surface area contributed by atoms with Gasteiger partial charge in [0.25, 0.3) is 10.0 Å². The molecular formula is C13H15ClN2O2S2. The van der Waals surface area contributed by atoms with Crippen LogP contribution in [0.4, 0.5) is 0 Å². The molecule has 0 spiro atoms. The van der Waals surface area contributed by atoms with Crippen molar-refractivity contribution in [2.24, 2.45) is 0 Å². The van der Waals surface area contributed by atoms with Gasteiger partial charge in [0.2, 0.25) is 0 Å². The lowest BCUT2D eigenvalue weighted by atomic mass is 10.3. The maximum atomic E-state index is 12.4. The summed E-state index contributed by atoms with van der Waals surface area (Å²) in [6.07, 6.45) is 2.29. The molecule has 2 rings (SSSR count). The van der Waals surface area contributed by atoms with Crippen LogP contribution >= 0.6 is 22.9 Å². The quantitative estimate of drug-likeness (QED) is 0.765. The minimum Gasteiger partial charge on any atom is -0.261 e. The van der Waals surface area contributed by atoms with Gasteiger partial charge >= 0.3 is 0 Å². The van der Waals surface area contributed by atoms with E-state index in [-0.39, 0.29) is 0 Å². The monoisotopic (exact) mass is 330 g/mol. The molecule has 0 radical (unpaired) electrons. The van der Waals surface area contributed by atoms with E-state index in [0.29, 0.717) is 23.1 Å². The SMILES string of the molecule is CN(CCc1ccccn1)S(=O)(=O)c1cc(CCl)cs1. The van der Waals surface area contributed by atoms with Crippen LogP contribution in [0.15, 0.2) is 40.1 Å². The molecule has 0 N–H and O–H groups in total. The number of pyridine rings is 1. The second kappa shape index (κ2) is 6.67. The normalized spacial score (nSPS) is 11.9. The fraction of sp³-hybridized carbons (Fsp3) is 0.308. The van der Waals surface area contributed by atoms with Crippen LogP contribution in [0.5, 0.6) is 0 Å². The molecule has 0 bridgehead atoms. The zero-order valence-corrected chi connectivity index (χ0v) is 13.4. The van der Waals surface area contributed by atoms with Gasteiger partial charge in [-0.05, 0) is 29.1 Å². The zero-order chi connectivity index (χ0) is 14.6. The van der Waals surface area contributed by atoms with Gasteiger partial charge in [0.05, 0.1) is 0 Å². The van der Waals surface area contributed by atoms with Crippen molar-refractivity contribution >= 4 is 33.0 Å². The lowest BCUT2D eigenvalue weighted by Crippen LogP contribution is -2.28. The number of alkyl halides is 1. The maximum Gasteiger partial charge on any atom is 0.252 e. The van der Waals surface area contributed by atoms with Crippen molar-refractivity contribution in [3.8, 4) is 0 Å². The Kier molecular flexibility index (Phi) is 5.15. The molecule has 0 aliphatic heterocycles. The van der Waals surface area contributed by atoms with Gasteiger partial charge in [-0.2, -0.15) is 4.31 Å². The number of sulfonamides is 1. The molecule has 0 atom stereocenters. The van der Waals surface area contributed by atoms with Crippen molar-refractivity contribution < 1.29 is 8.42 Å². The average Bonchev–Trinajstić information content (AvgIpc) is 2.95. The molecule has 0 aliphatic carbocycles. The Labute approximate surface area is 128 Å². The molecule has 2 aromatic heterocycles. The zero-order valence-electron chi connectivity index (χ0n) is 11.0. The van der Waals surface area contributed by atoms with Crippen molar-refractivity contribution in [1.29, 1.82) is 0 Å². The van der Waals surface area contributed by atoms with E-state index in [1.54, 1.807) is 24.7 Å². The second-order valence-corrected chi connectivity index (χ2v) is 7.76. The number of aromatic nitrogens is 1. The topological polar surface area (TPSA) is 50.3 Å². The van der Waals surface area contributed by atoms with Gasteiger partial charge in [0, 0.05) is 37.8 Å². The van der Waals surface area contributed by atoms with Crippen molar-refractivity contribution in [1.82, 2.24) is 9.29 Å². The first-order chi connectivity index (χ1) is 9.54. The van der Waals surface area contributed by atoms with Crippen molar-refractivity contribution in [3.63, 3.8) is 0 Å². The summed E-state index contributed by atoms with van der Waals surface area (Å²) in [7, 11) is -1.85. The summed E-state index contributed by atoms with van der Waals surface area (Å²) in [6.45, 7) is 0.396.